The zero-order valence-corrected chi connectivity index (χ0v) is 8.50. The van der Waals surface area contributed by atoms with Crippen molar-refractivity contribution in [1.29, 1.82) is 0 Å². The van der Waals surface area contributed by atoms with Gasteiger partial charge in [0.1, 0.15) is 0 Å². The second-order valence-electron chi connectivity index (χ2n) is 3.35. The number of hydrogen-bond acceptors (Lipinski definition) is 3. The van der Waals surface area contributed by atoms with E-state index in [2.05, 4.69) is 10.2 Å². The Morgan fingerprint density at radius 3 is 2.93 bits per heavy atom. The van der Waals surface area contributed by atoms with Gasteiger partial charge in [-0.2, -0.15) is 10.2 Å². The number of aromatic nitrogens is 4. The molecule has 0 aliphatic carbocycles. The van der Waals surface area contributed by atoms with E-state index in [0.29, 0.717) is 5.56 Å². The summed E-state index contributed by atoms with van der Waals surface area (Å²) < 4.78 is 3.60. The van der Waals surface area contributed by atoms with Crippen LogP contribution < -0.4 is 0 Å². The minimum absolute atomic E-state index is 0.611. The van der Waals surface area contributed by atoms with Crippen molar-refractivity contribution in [2.24, 2.45) is 7.05 Å². The standard InChI is InChI=1S/C10H12N4O/c1-13-10(2-4-11-13)3-5-14-7-9(8-15)6-12-14/h2,4,6-8H,3,5H2,1H3. The van der Waals surface area contributed by atoms with Crippen LogP contribution in [0.1, 0.15) is 16.1 Å². The lowest BCUT2D eigenvalue weighted by Crippen LogP contribution is -2.05. The highest BCUT2D eigenvalue weighted by Crippen LogP contribution is 2.00. The van der Waals surface area contributed by atoms with E-state index >= 15 is 0 Å². The van der Waals surface area contributed by atoms with Crippen molar-refractivity contribution < 1.29 is 4.79 Å². The molecule has 0 aliphatic rings. The summed E-state index contributed by atoms with van der Waals surface area (Å²) in [5.74, 6) is 0. The summed E-state index contributed by atoms with van der Waals surface area (Å²) in [5.41, 5.74) is 1.76. The summed E-state index contributed by atoms with van der Waals surface area (Å²) in [6.07, 6.45) is 6.74. The quantitative estimate of drug-likeness (QED) is 0.688. The molecular formula is C10H12N4O. The van der Waals surface area contributed by atoms with Gasteiger partial charge in [0.25, 0.3) is 0 Å². The number of aldehydes is 1. The topological polar surface area (TPSA) is 52.7 Å². The fraction of sp³-hybridized carbons (Fsp3) is 0.300. The third-order valence-corrected chi connectivity index (χ3v) is 2.31. The molecule has 0 radical (unpaired) electrons. The number of carbonyl (C=O) groups is 1. The van der Waals surface area contributed by atoms with E-state index in [1.807, 2.05) is 17.8 Å². The lowest BCUT2D eigenvalue weighted by Gasteiger charge is -2.01. The van der Waals surface area contributed by atoms with Crippen LogP contribution in [0.2, 0.25) is 0 Å². The van der Waals surface area contributed by atoms with E-state index in [4.69, 9.17) is 0 Å². The largest absolute Gasteiger partial charge is 0.298 e. The number of nitrogens with zero attached hydrogens (tertiary/aromatic N) is 4. The van der Waals surface area contributed by atoms with Crippen molar-refractivity contribution in [1.82, 2.24) is 19.6 Å². The molecule has 5 nitrogen and oxygen atoms in total. The molecule has 0 amide bonds. The molecule has 0 fully saturated rings. The predicted molar refractivity (Wildman–Crippen MR) is 54.5 cm³/mol. The van der Waals surface area contributed by atoms with Crippen molar-refractivity contribution in [3.63, 3.8) is 0 Å². The van der Waals surface area contributed by atoms with Crippen LogP contribution in [0.3, 0.4) is 0 Å². The summed E-state index contributed by atoms with van der Waals surface area (Å²) in [6.45, 7) is 0.757. The Kier molecular flexibility index (Phi) is 2.62. The Bertz CT molecular complexity index is 457. The normalized spacial score (nSPS) is 10.5. The highest BCUT2D eigenvalue weighted by molar-refractivity contribution is 5.73. The first-order chi connectivity index (χ1) is 7.29. The third-order valence-electron chi connectivity index (χ3n) is 2.31. The zero-order valence-electron chi connectivity index (χ0n) is 8.50. The zero-order chi connectivity index (χ0) is 10.7. The van der Waals surface area contributed by atoms with Crippen LogP contribution in [-0.4, -0.2) is 25.8 Å². The van der Waals surface area contributed by atoms with E-state index in [9.17, 15) is 4.79 Å². The average molecular weight is 204 g/mol. The number of carbonyl (C=O) groups excluding carboxylic acids is 1. The average Bonchev–Trinajstić information content (AvgIpc) is 2.84. The first-order valence-corrected chi connectivity index (χ1v) is 4.74. The van der Waals surface area contributed by atoms with Gasteiger partial charge >= 0.3 is 0 Å². The Morgan fingerprint density at radius 2 is 2.33 bits per heavy atom. The highest BCUT2D eigenvalue weighted by atomic mass is 16.1. The molecular weight excluding hydrogens is 192 g/mol. The lowest BCUT2D eigenvalue weighted by molar-refractivity contribution is 0.112. The molecule has 0 spiro atoms. The molecule has 2 heterocycles. The van der Waals surface area contributed by atoms with Crippen LogP contribution in [0.4, 0.5) is 0 Å². The first-order valence-electron chi connectivity index (χ1n) is 4.74. The fourth-order valence-corrected chi connectivity index (χ4v) is 1.44. The Morgan fingerprint density at radius 1 is 1.47 bits per heavy atom. The molecule has 5 heteroatoms. The molecule has 78 valence electrons. The Labute approximate surface area is 87.3 Å². The van der Waals surface area contributed by atoms with Crippen molar-refractivity contribution in [3.05, 3.63) is 35.9 Å². The number of rotatable bonds is 4. The van der Waals surface area contributed by atoms with Gasteiger partial charge in [-0.05, 0) is 6.07 Å². The van der Waals surface area contributed by atoms with Gasteiger partial charge in [-0.15, -0.1) is 0 Å². The molecule has 0 bridgehead atoms. The van der Waals surface area contributed by atoms with E-state index < -0.39 is 0 Å². The Hall–Kier alpha value is -1.91. The smallest absolute Gasteiger partial charge is 0.153 e. The highest BCUT2D eigenvalue weighted by Gasteiger charge is 2.00. The maximum Gasteiger partial charge on any atom is 0.153 e. The predicted octanol–water partition coefficient (Wildman–Crippen LogP) is 0.672. The lowest BCUT2D eigenvalue weighted by atomic mass is 10.3. The molecule has 15 heavy (non-hydrogen) atoms. The van der Waals surface area contributed by atoms with Gasteiger partial charge in [0.05, 0.1) is 11.8 Å². The van der Waals surface area contributed by atoms with Crippen LogP contribution >= 0.6 is 0 Å². The van der Waals surface area contributed by atoms with Gasteiger partial charge in [0, 0.05) is 38.1 Å². The summed E-state index contributed by atoms with van der Waals surface area (Å²) in [6, 6.07) is 1.98. The molecule has 2 rings (SSSR count). The van der Waals surface area contributed by atoms with Gasteiger partial charge in [0.15, 0.2) is 6.29 Å². The van der Waals surface area contributed by atoms with Crippen LogP contribution in [0.25, 0.3) is 0 Å². The maximum absolute atomic E-state index is 10.4. The number of aryl methyl sites for hydroxylation is 3. The molecule has 0 N–H and O–H groups in total. The van der Waals surface area contributed by atoms with Crippen molar-refractivity contribution in [3.8, 4) is 0 Å². The van der Waals surface area contributed by atoms with E-state index in [0.717, 1.165) is 24.9 Å². The van der Waals surface area contributed by atoms with Crippen molar-refractivity contribution >= 4 is 6.29 Å². The van der Waals surface area contributed by atoms with Gasteiger partial charge in [-0.3, -0.25) is 14.2 Å². The van der Waals surface area contributed by atoms with E-state index in [1.54, 1.807) is 23.3 Å². The van der Waals surface area contributed by atoms with E-state index in [1.165, 1.54) is 0 Å². The van der Waals surface area contributed by atoms with Crippen LogP contribution in [-0.2, 0) is 20.0 Å². The molecule has 2 aromatic rings. The van der Waals surface area contributed by atoms with Crippen LogP contribution in [0.5, 0.6) is 0 Å². The third kappa shape index (κ3) is 2.12. The molecule has 0 aliphatic heterocycles. The summed E-state index contributed by atoms with van der Waals surface area (Å²) in [7, 11) is 1.91. The molecule has 0 aromatic carbocycles. The fourth-order valence-electron chi connectivity index (χ4n) is 1.44. The summed E-state index contributed by atoms with van der Waals surface area (Å²) in [4.78, 5) is 10.4. The summed E-state index contributed by atoms with van der Waals surface area (Å²) >= 11 is 0. The molecule has 0 saturated carbocycles. The SMILES string of the molecule is Cn1nccc1CCn1cc(C=O)cn1. The molecule has 0 saturated heterocycles. The minimum atomic E-state index is 0.611. The second-order valence-corrected chi connectivity index (χ2v) is 3.35. The summed E-state index contributed by atoms with van der Waals surface area (Å²) in [5, 5.41) is 8.15. The van der Waals surface area contributed by atoms with Crippen molar-refractivity contribution in [2.45, 2.75) is 13.0 Å². The van der Waals surface area contributed by atoms with Crippen LogP contribution in [0.15, 0.2) is 24.7 Å². The monoisotopic (exact) mass is 204 g/mol. The molecule has 2 aromatic heterocycles. The minimum Gasteiger partial charge on any atom is -0.298 e. The Balaban J connectivity index is 1.99. The number of hydrogen-bond donors (Lipinski definition) is 0. The van der Waals surface area contributed by atoms with Gasteiger partial charge in [0.2, 0.25) is 0 Å². The van der Waals surface area contributed by atoms with E-state index in [-0.39, 0.29) is 0 Å². The van der Waals surface area contributed by atoms with Crippen molar-refractivity contribution in [2.75, 3.05) is 0 Å². The van der Waals surface area contributed by atoms with Gasteiger partial charge in [-0.1, -0.05) is 0 Å². The maximum atomic E-state index is 10.4. The molecule has 0 atom stereocenters. The van der Waals surface area contributed by atoms with Crippen LogP contribution in [0, 0.1) is 0 Å². The second kappa shape index (κ2) is 4.08. The molecule has 0 unspecified atom stereocenters. The first kappa shape index (κ1) is 9.64. The van der Waals surface area contributed by atoms with Gasteiger partial charge in [-0.25, -0.2) is 0 Å². The van der Waals surface area contributed by atoms with Gasteiger partial charge < -0.3 is 0 Å².